The van der Waals surface area contributed by atoms with Crippen LogP contribution in [0.15, 0.2) is 16.6 Å². The van der Waals surface area contributed by atoms with Crippen molar-refractivity contribution in [1.82, 2.24) is 0 Å². The lowest BCUT2D eigenvalue weighted by molar-refractivity contribution is 0.622. The van der Waals surface area contributed by atoms with Crippen molar-refractivity contribution >= 4 is 38.1 Å². The van der Waals surface area contributed by atoms with Crippen molar-refractivity contribution < 1.29 is 8.60 Å². The van der Waals surface area contributed by atoms with Crippen LogP contribution < -0.4 is 11.1 Å². The SMILES string of the molecule is CC(CS(C)=O)Nc1cc(Br)c(F)cc1N. The first-order valence-electron chi connectivity index (χ1n) is 4.71. The average molecular weight is 309 g/mol. The molecular formula is C10H14BrFN2OS. The van der Waals surface area contributed by atoms with E-state index in [4.69, 9.17) is 5.73 Å². The van der Waals surface area contributed by atoms with Crippen LogP contribution in [-0.4, -0.2) is 22.3 Å². The summed E-state index contributed by atoms with van der Waals surface area (Å²) in [6.45, 7) is 1.90. The molecule has 2 unspecified atom stereocenters. The van der Waals surface area contributed by atoms with E-state index >= 15 is 0 Å². The molecule has 0 aromatic heterocycles. The van der Waals surface area contributed by atoms with Crippen molar-refractivity contribution in [2.45, 2.75) is 13.0 Å². The summed E-state index contributed by atoms with van der Waals surface area (Å²) in [5.74, 6) is 0.129. The Balaban J connectivity index is 2.81. The number of rotatable bonds is 4. The molecule has 1 rings (SSSR count). The molecule has 0 saturated carbocycles. The molecule has 0 amide bonds. The van der Waals surface area contributed by atoms with Crippen LogP contribution in [0.3, 0.4) is 0 Å². The first-order chi connectivity index (χ1) is 7.40. The number of benzene rings is 1. The van der Waals surface area contributed by atoms with E-state index in [1.54, 1.807) is 12.3 Å². The molecule has 2 atom stereocenters. The van der Waals surface area contributed by atoms with Crippen LogP contribution in [-0.2, 0) is 10.8 Å². The van der Waals surface area contributed by atoms with Crippen LogP contribution in [0.5, 0.6) is 0 Å². The summed E-state index contributed by atoms with van der Waals surface area (Å²) in [5.41, 5.74) is 6.66. The largest absolute Gasteiger partial charge is 0.397 e. The zero-order valence-corrected chi connectivity index (χ0v) is 11.5. The molecule has 6 heteroatoms. The predicted molar refractivity (Wildman–Crippen MR) is 70.5 cm³/mol. The maximum atomic E-state index is 13.1. The van der Waals surface area contributed by atoms with Gasteiger partial charge >= 0.3 is 0 Å². The van der Waals surface area contributed by atoms with Crippen LogP contribution in [0.4, 0.5) is 15.8 Å². The molecule has 0 fully saturated rings. The standard InChI is InChI=1S/C10H14BrFN2OS/c1-6(5-16(2)15)14-10-3-7(11)8(12)4-9(10)13/h3-4,6,14H,5,13H2,1-2H3. The van der Waals surface area contributed by atoms with Gasteiger partial charge in [-0.1, -0.05) is 0 Å². The second kappa shape index (κ2) is 5.63. The van der Waals surface area contributed by atoms with Crippen LogP contribution in [0, 0.1) is 5.82 Å². The number of nitrogen functional groups attached to an aromatic ring is 1. The quantitative estimate of drug-likeness (QED) is 0.840. The molecule has 0 saturated heterocycles. The minimum Gasteiger partial charge on any atom is -0.397 e. The molecule has 90 valence electrons. The molecule has 3 N–H and O–H groups in total. The lowest BCUT2D eigenvalue weighted by Gasteiger charge is -2.16. The van der Waals surface area contributed by atoms with Gasteiger partial charge in [-0.25, -0.2) is 4.39 Å². The van der Waals surface area contributed by atoms with Crippen molar-refractivity contribution in [2.24, 2.45) is 0 Å². The van der Waals surface area contributed by atoms with Crippen LogP contribution in [0.1, 0.15) is 6.92 Å². The second-order valence-corrected chi connectivity index (χ2v) is 5.97. The van der Waals surface area contributed by atoms with E-state index in [1.165, 1.54) is 6.07 Å². The predicted octanol–water partition coefficient (Wildman–Crippen LogP) is 2.35. The molecule has 1 aromatic carbocycles. The topological polar surface area (TPSA) is 55.1 Å². The summed E-state index contributed by atoms with van der Waals surface area (Å²) in [6, 6.07) is 2.85. The van der Waals surface area contributed by atoms with Gasteiger partial charge in [-0.2, -0.15) is 0 Å². The third-order valence-electron chi connectivity index (χ3n) is 1.98. The Hall–Kier alpha value is -0.620. The van der Waals surface area contributed by atoms with Gasteiger partial charge in [0.05, 0.1) is 15.8 Å². The van der Waals surface area contributed by atoms with Gasteiger partial charge in [0.15, 0.2) is 0 Å². The Morgan fingerprint density at radius 2 is 2.25 bits per heavy atom. The fourth-order valence-corrected chi connectivity index (χ4v) is 2.48. The summed E-state index contributed by atoms with van der Waals surface area (Å²) in [4.78, 5) is 0. The van der Waals surface area contributed by atoms with E-state index in [1.807, 2.05) is 6.92 Å². The summed E-state index contributed by atoms with van der Waals surface area (Å²) in [7, 11) is -0.875. The smallest absolute Gasteiger partial charge is 0.139 e. The fraction of sp³-hybridized carbons (Fsp3) is 0.400. The molecule has 0 bridgehead atoms. The summed E-state index contributed by atoms with van der Waals surface area (Å²) < 4.78 is 24.5. The first-order valence-corrected chi connectivity index (χ1v) is 7.23. The van der Waals surface area contributed by atoms with Gasteiger partial charge in [0.2, 0.25) is 0 Å². The summed E-state index contributed by atoms with van der Waals surface area (Å²) in [6.07, 6.45) is 1.64. The van der Waals surface area contributed by atoms with Gasteiger partial charge in [-0.3, -0.25) is 4.21 Å². The number of nitrogens with one attached hydrogen (secondary N) is 1. The first kappa shape index (κ1) is 13.4. The maximum absolute atomic E-state index is 13.1. The van der Waals surface area contributed by atoms with E-state index < -0.39 is 16.6 Å². The van der Waals surface area contributed by atoms with Crippen molar-refractivity contribution in [1.29, 1.82) is 0 Å². The number of hydrogen-bond acceptors (Lipinski definition) is 3. The Kier molecular flexibility index (Phi) is 4.73. The molecular weight excluding hydrogens is 295 g/mol. The number of hydrogen-bond donors (Lipinski definition) is 2. The Labute approximate surface area is 105 Å². The monoisotopic (exact) mass is 308 g/mol. The van der Waals surface area contributed by atoms with Gasteiger partial charge in [0.1, 0.15) is 5.82 Å². The van der Waals surface area contributed by atoms with E-state index in [2.05, 4.69) is 21.2 Å². The molecule has 1 aromatic rings. The van der Waals surface area contributed by atoms with E-state index in [0.717, 1.165) is 0 Å². The highest BCUT2D eigenvalue weighted by atomic mass is 79.9. The number of halogens is 2. The highest BCUT2D eigenvalue weighted by molar-refractivity contribution is 9.10. The van der Waals surface area contributed by atoms with E-state index in [-0.39, 0.29) is 6.04 Å². The van der Waals surface area contributed by atoms with Crippen LogP contribution in [0.2, 0.25) is 0 Å². The molecule has 0 aliphatic carbocycles. The third kappa shape index (κ3) is 3.75. The Morgan fingerprint density at radius 1 is 1.62 bits per heavy atom. The number of nitrogens with two attached hydrogens (primary N) is 1. The summed E-state index contributed by atoms with van der Waals surface area (Å²) in [5, 5.41) is 3.09. The van der Waals surface area contributed by atoms with Crippen LogP contribution >= 0.6 is 15.9 Å². The normalized spacial score (nSPS) is 14.5. The van der Waals surface area contributed by atoms with Crippen LogP contribution in [0.25, 0.3) is 0 Å². The average Bonchev–Trinajstić information content (AvgIpc) is 2.12. The molecule has 16 heavy (non-hydrogen) atoms. The highest BCUT2D eigenvalue weighted by Crippen LogP contribution is 2.27. The minimum atomic E-state index is -0.875. The molecule has 0 heterocycles. The van der Waals surface area contributed by atoms with Crippen molar-refractivity contribution in [2.75, 3.05) is 23.1 Å². The van der Waals surface area contributed by atoms with Crippen molar-refractivity contribution in [3.63, 3.8) is 0 Å². The van der Waals surface area contributed by atoms with Gasteiger partial charge in [-0.15, -0.1) is 0 Å². The second-order valence-electron chi connectivity index (χ2n) is 3.64. The molecule has 0 spiro atoms. The van der Waals surface area contributed by atoms with Gasteiger partial charge in [-0.05, 0) is 28.9 Å². The minimum absolute atomic E-state index is 0.0190. The Morgan fingerprint density at radius 3 is 2.81 bits per heavy atom. The van der Waals surface area contributed by atoms with Crippen molar-refractivity contribution in [3.8, 4) is 0 Å². The summed E-state index contributed by atoms with van der Waals surface area (Å²) >= 11 is 3.09. The van der Waals surface area contributed by atoms with Gasteiger partial charge in [0.25, 0.3) is 0 Å². The van der Waals surface area contributed by atoms with E-state index in [0.29, 0.717) is 21.6 Å². The lowest BCUT2D eigenvalue weighted by Crippen LogP contribution is -2.22. The molecule has 3 nitrogen and oxygen atoms in total. The zero-order valence-electron chi connectivity index (χ0n) is 9.09. The molecule has 0 aliphatic heterocycles. The Bertz CT molecular complexity index is 414. The highest BCUT2D eigenvalue weighted by Gasteiger charge is 2.09. The van der Waals surface area contributed by atoms with E-state index in [9.17, 15) is 8.60 Å². The zero-order chi connectivity index (χ0) is 12.3. The lowest BCUT2D eigenvalue weighted by atomic mass is 10.2. The fourth-order valence-electron chi connectivity index (χ4n) is 1.35. The maximum Gasteiger partial charge on any atom is 0.139 e. The third-order valence-corrected chi connectivity index (χ3v) is 3.56. The van der Waals surface area contributed by atoms with Gasteiger partial charge < -0.3 is 11.1 Å². The van der Waals surface area contributed by atoms with Crippen molar-refractivity contribution in [3.05, 3.63) is 22.4 Å². The molecule has 0 radical (unpaired) electrons. The molecule has 0 aliphatic rings. The van der Waals surface area contributed by atoms with Gasteiger partial charge in [0, 0.05) is 34.9 Å². The number of anilines is 2.